The average Bonchev–Trinajstić information content (AvgIpc) is 3.39. The summed E-state index contributed by atoms with van der Waals surface area (Å²) in [6.45, 7) is 5.90. The summed E-state index contributed by atoms with van der Waals surface area (Å²) in [5.41, 5.74) is 3.75. The summed E-state index contributed by atoms with van der Waals surface area (Å²) in [4.78, 5) is 2.26. The van der Waals surface area contributed by atoms with Crippen molar-refractivity contribution in [3.05, 3.63) is 83.2 Å². The van der Waals surface area contributed by atoms with Crippen LogP contribution in [0.4, 0.5) is 8.78 Å². The SMILES string of the molecule is CC1=C(c2ccc(O)c(F)c2)C(c2ccc(OCC(C)N3CCC(CF)C3)cc2)Oc2ccc(O)cc21. The van der Waals surface area contributed by atoms with Gasteiger partial charge in [-0.25, -0.2) is 4.39 Å². The standard InChI is InChI=1S/C30H31F2NO4/c1-18(33-12-11-20(15-31)16-33)17-36-24-7-3-21(4-8-24)30-29(22-5-9-27(35)26(32)13-22)19(2)25-14-23(34)6-10-28(25)37-30/h3-10,13-14,18,20,30,34-35H,11-12,15-17H2,1-2H3. The number of alkyl halides is 1. The fraction of sp³-hybridized carbons (Fsp3) is 0.333. The molecule has 3 unspecified atom stereocenters. The van der Waals surface area contributed by atoms with E-state index >= 15 is 0 Å². The molecule has 3 atom stereocenters. The fourth-order valence-corrected chi connectivity index (χ4v) is 5.17. The molecular weight excluding hydrogens is 476 g/mol. The molecule has 5 rings (SSSR count). The van der Waals surface area contributed by atoms with E-state index < -0.39 is 17.7 Å². The van der Waals surface area contributed by atoms with Gasteiger partial charge in [-0.1, -0.05) is 18.2 Å². The van der Waals surface area contributed by atoms with Crippen molar-refractivity contribution in [3.63, 3.8) is 0 Å². The number of ether oxygens (including phenoxy) is 2. The van der Waals surface area contributed by atoms with E-state index in [0.29, 0.717) is 17.9 Å². The minimum absolute atomic E-state index is 0.112. The van der Waals surface area contributed by atoms with Gasteiger partial charge in [0.05, 0.1) is 6.67 Å². The minimum atomic E-state index is -0.716. The third-order valence-electron chi connectivity index (χ3n) is 7.37. The van der Waals surface area contributed by atoms with Crippen LogP contribution in [0.3, 0.4) is 0 Å². The predicted molar refractivity (Wildman–Crippen MR) is 139 cm³/mol. The molecule has 37 heavy (non-hydrogen) atoms. The number of aromatic hydroxyl groups is 2. The molecule has 0 saturated carbocycles. The molecule has 1 saturated heterocycles. The normalized spacial score (nSPS) is 20.4. The molecular formula is C30H31F2NO4. The summed E-state index contributed by atoms with van der Waals surface area (Å²) >= 11 is 0. The number of halogens is 2. The van der Waals surface area contributed by atoms with Crippen molar-refractivity contribution in [2.24, 2.45) is 5.92 Å². The second-order valence-electron chi connectivity index (χ2n) is 9.92. The Kier molecular flexibility index (Phi) is 7.07. The third-order valence-corrected chi connectivity index (χ3v) is 7.37. The van der Waals surface area contributed by atoms with E-state index in [-0.39, 0.29) is 24.4 Å². The minimum Gasteiger partial charge on any atom is -0.508 e. The number of fused-ring (bicyclic) bond motifs is 1. The van der Waals surface area contributed by atoms with E-state index in [9.17, 15) is 19.0 Å². The maximum absolute atomic E-state index is 14.3. The Balaban J connectivity index is 1.39. The highest BCUT2D eigenvalue weighted by molar-refractivity contribution is 5.95. The van der Waals surface area contributed by atoms with Crippen LogP contribution >= 0.6 is 0 Å². The first-order chi connectivity index (χ1) is 17.8. The summed E-state index contributed by atoms with van der Waals surface area (Å²) < 4.78 is 39.7. The molecule has 0 amide bonds. The average molecular weight is 508 g/mol. The van der Waals surface area contributed by atoms with E-state index in [0.717, 1.165) is 47.5 Å². The van der Waals surface area contributed by atoms with Crippen molar-refractivity contribution in [3.8, 4) is 23.0 Å². The van der Waals surface area contributed by atoms with Crippen molar-refractivity contribution < 1.29 is 28.5 Å². The van der Waals surface area contributed by atoms with Gasteiger partial charge in [0.2, 0.25) is 0 Å². The lowest BCUT2D eigenvalue weighted by atomic mass is 9.86. The Labute approximate surface area is 215 Å². The van der Waals surface area contributed by atoms with Crippen LogP contribution in [0.2, 0.25) is 0 Å². The predicted octanol–water partition coefficient (Wildman–Crippen LogP) is 6.36. The second kappa shape index (κ2) is 10.4. The number of hydrogen-bond acceptors (Lipinski definition) is 5. The van der Waals surface area contributed by atoms with Crippen LogP contribution in [0.5, 0.6) is 23.0 Å². The van der Waals surface area contributed by atoms with Crippen molar-refractivity contribution in [1.29, 1.82) is 0 Å². The largest absolute Gasteiger partial charge is 0.508 e. The molecule has 0 bridgehead atoms. The number of allylic oxidation sites excluding steroid dienone is 1. The van der Waals surface area contributed by atoms with Gasteiger partial charge < -0.3 is 19.7 Å². The molecule has 0 radical (unpaired) electrons. The highest BCUT2D eigenvalue weighted by atomic mass is 19.1. The van der Waals surface area contributed by atoms with E-state index in [1.54, 1.807) is 24.3 Å². The lowest BCUT2D eigenvalue weighted by Gasteiger charge is -2.31. The van der Waals surface area contributed by atoms with Gasteiger partial charge in [0.15, 0.2) is 11.6 Å². The van der Waals surface area contributed by atoms with E-state index in [4.69, 9.17) is 9.47 Å². The number of phenolic OH excluding ortho intramolecular Hbond substituents is 2. The number of likely N-dealkylation sites (tertiary alicyclic amines) is 1. The van der Waals surface area contributed by atoms with Gasteiger partial charge >= 0.3 is 0 Å². The van der Waals surface area contributed by atoms with Crippen LogP contribution in [0.15, 0.2) is 60.7 Å². The van der Waals surface area contributed by atoms with Gasteiger partial charge in [-0.05, 0) is 86.0 Å². The monoisotopic (exact) mass is 507 g/mol. The van der Waals surface area contributed by atoms with Gasteiger partial charge in [0, 0.05) is 29.6 Å². The first-order valence-corrected chi connectivity index (χ1v) is 12.6. The molecule has 2 N–H and O–H groups in total. The van der Waals surface area contributed by atoms with Gasteiger partial charge in [-0.2, -0.15) is 0 Å². The quantitative estimate of drug-likeness (QED) is 0.390. The highest BCUT2D eigenvalue weighted by Gasteiger charge is 2.30. The van der Waals surface area contributed by atoms with E-state index in [2.05, 4.69) is 11.8 Å². The molecule has 5 nitrogen and oxygen atoms in total. The van der Waals surface area contributed by atoms with Crippen molar-refractivity contribution in [2.75, 3.05) is 26.4 Å². The molecule has 0 spiro atoms. The fourth-order valence-electron chi connectivity index (χ4n) is 5.17. The zero-order valence-electron chi connectivity index (χ0n) is 21.0. The molecule has 2 aliphatic rings. The Bertz CT molecular complexity index is 1310. The zero-order valence-corrected chi connectivity index (χ0v) is 21.0. The Morgan fingerprint density at radius 2 is 1.86 bits per heavy atom. The summed E-state index contributed by atoms with van der Waals surface area (Å²) in [7, 11) is 0. The summed E-state index contributed by atoms with van der Waals surface area (Å²) in [6, 6.07) is 17.0. The Morgan fingerprint density at radius 1 is 1.08 bits per heavy atom. The molecule has 0 aromatic heterocycles. The molecule has 3 aromatic carbocycles. The first-order valence-electron chi connectivity index (χ1n) is 12.6. The second-order valence-corrected chi connectivity index (χ2v) is 9.92. The van der Waals surface area contributed by atoms with Crippen LogP contribution in [-0.4, -0.2) is 47.5 Å². The van der Waals surface area contributed by atoms with Crippen LogP contribution < -0.4 is 9.47 Å². The number of phenols is 2. The van der Waals surface area contributed by atoms with Crippen LogP contribution in [0, 0.1) is 11.7 Å². The lowest BCUT2D eigenvalue weighted by molar-refractivity contribution is 0.165. The van der Waals surface area contributed by atoms with Crippen LogP contribution in [-0.2, 0) is 0 Å². The van der Waals surface area contributed by atoms with Gasteiger partial charge in [-0.3, -0.25) is 9.29 Å². The van der Waals surface area contributed by atoms with E-state index in [1.165, 1.54) is 12.1 Å². The van der Waals surface area contributed by atoms with Crippen LogP contribution in [0.1, 0.15) is 43.1 Å². The van der Waals surface area contributed by atoms with Gasteiger partial charge in [0.1, 0.15) is 30.0 Å². The third kappa shape index (κ3) is 5.14. The number of nitrogens with zero attached hydrogens (tertiary/aromatic N) is 1. The number of hydrogen-bond donors (Lipinski definition) is 2. The lowest BCUT2D eigenvalue weighted by Crippen LogP contribution is -2.35. The molecule has 2 aliphatic heterocycles. The topological polar surface area (TPSA) is 62.2 Å². The first kappa shape index (κ1) is 25.1. The summed E-state index contributed by atoms with van der Waals surface area (Å²) in [5, 5.41) is 19.7. The Morgan fingerprint density at radius 3 is 2.57 bits per heavy atom. The van der Waals surface area contributed by atoms with Crippen molar-refractivity contribution in [1.82, 2.24) is 4.90 Å². The molecule has 194 valence electrons. The van der Waals surface area contributed by atoms with E-state index in [1.807, 2.05) is 31.2 Å². The van der Waals surface area contributed by atoms with Crippen molar-refractivity contribution in [2.45, 2.75) is 32.4 Å². The molecule has 1 fully saturated rings. The summed E-state index contributed by atoms with van der Waals surface area (Å²) in [5.74, 6) is 0.441. The molecule has 3 aromatic rings. The smallest absolute Gasteiger partial charge is 0.165 e. The maximum atomic E-state index is 14.3. The maximum Gasteiger partial charge on any atom is 0.165 e. The zero-order chi connectivity index (χ0) is 26.1. The molecule has 7 heteroatoms. The van der Waals surface area contributed by atoms with Crippen molar-refractivity contribution >= 4 is 11.1 Å². The Hall–Kier alpha value is -3.58. The summed E-state index contributed by atoms with van der Waals surface area (Å²) in [6.07, 6.45) is 0.357. The highest BCUT2D eigenvalue weighted by Crippen LogP contribution is 2.47. The molecule has 0 aliphatic carbocycles. The molecule has 2 heterocycles. The van der Waals surface area contributed by atoms with Gasteiger partial charge in [0.25, 0.3) is 0 Å². The number of benzene rings is 3. The van der Waals surface area contributed by atoms with Crippen LogP contribution in [0.25, 0.3) is 11.1 Å². The van der Waals surface area contributed by atoms with Gasteiger partial charge in [-0.15, -0.1) is 0 Å². The number of rotatable bonds is 7.